The minimum absolute atomic E-state index is 0.0467. The van der Waals surface area contributed by atoms with Crippen LogP contribution in [0.5, 0.6) is 0 Å². The van der Waals surface area contributed by atoms with Crippen LogP contribution in [0.25, 0.3) is 0 Å². The summed E-state index contributed by atoms with van der Waals surface area (Å²) in [7, 11) is 0. The molecule has 1 fully saturated rings. The van der Waals surface area contributed by atoms with E-state index in [1.165, 1.54) is 5.56 Å². The van der Waals surface area contributed by atoms with Crippen molar-refractivity contribution in [2.75, 3.05) is 18.4 Å². The largest absolute Gasteiger partial charge is 0.373 e. The van der Waals surface area contributed by atoms with Gasteiger partial charge in [0.2, 0.25) is 0 Å². The summed E-state index contributed by atoms with van der Waals surface area (Å²) in [6, 6.07) is 9.85. The van der Waals surface area contributed by atoms with Crippen molar-refractivity contribution in [3.05, 3.63) is 59.4 Å². The first-order chi connectivity index (χ1) is 12.8. The Hall–Kier alpha value is -2.44. The molecule has 136 valence electrons. The lowest BCUT2D eigenvalue weighted by Crippen LogP contribution is -2.43. The topological polar surface area (TPSA) is 63.7 Å². The summed E-state index contributed by atoms with van der Waals surface area (Å²) in [5.41, 5.74) is 4.27. The third-order valence-corrected chi connectivity index (χ3v) is 4.91. The van der Waals surface area contributed by atoms with Crippen LogP contribution in [0.3, 0.4) is 0 Å². The summed E-state index contributed by atoms with van der Waals surface area (Å²) in [6.07, 6.45) is 5.48. The van der Waals surface area contributed by atoms with Crippen molar-refractivity contribution in [3.8, 4) is 0 Å². The summed E-state index contributed by atoms with van der Waals surface area (Å²) in [5, 5.41) is 3.00. The van der Waals surface area contributed by atoms with Crippen LogP contribution in [-0.2, 0) is 29.3 Å². The Morgan fingerprint density at radius 1 is 1.23 bits per heavy atom. The molecule has 0 atom stereocenters. The van der Waals surface area contributed by atoms with E-state index < -0.39 is 0 Å². The van der Waals surface area contributed by atoms with Crippen molar-refractivity contribution in [3.63, 3.8) is 0 Å². The van der Waals surface area contributed by atoms with Crippen LogP contribution in [-0.4, -0.2) is 35.1 Å². The zero-order valence-corrected chi connectivity index (χ0v) is 14.7. The highest BCUT2D eigenvalue weighted by Crippen LogP contribution is 2.24. The summed E-state index contributed by atoms with van der Waals surface area (Å²) in [4.78, 5) is 18.4. The van der Waals surface area contributed by atoms with Gasteiger partial charge in [-0.3, -0.25) is 4.98 Å². The Kier molecular flexibility index (Phi) is 5.13. The fourth-order valence-electron chi connectivity index (χ4n) is 3.38. The van der Waals surface area contributed by atoms with Gasteiger partial charge in [-0.15, -0.1) is 0 Å². The molecule has 6 heteroatoms. The quantitative estimate of drug-likeness (QED) is 0.916. The molecule has 4 rings (SSSR count). The number of pyridine rings is 1. The molecular formula is C20H23N3O3. The molecule has 26 heavy (non-hydrogen) atoms. The average Bonchev–Trinajstić information content (AvgIpc) is 3.15. The van der Waals surface area contributed by atoms with Crippen LogP contribution >= 0.6 is 0 Å². The van der Waals surface area contributed by atoms with Crippen molar-refractivity contribution in [2.24, 2.45) is 0 Å². The maximum atomic E-state index is 12.5. The first kappa shape index (κ1) is 17.0. The third-order valence-electron chi connectivity index (χ3n) is 4.91. The zero-order valence-electron chi connectivity index (χ0n) is 14.7. The van der Waals surface area contributed by atoms with E-state index in [0.29, 0.717) is 32.9 Å². The number of aromatic nitrogens is 1. The standard InChI is InChI=1S/C20H23N3O3/c24-20(22-18-4-3-16-13-25-14-17(16)10-18)23-8-5-19(6-9-23)26-12-15-2-1-7-21-11-15/h1-4,7,10-11,19H,5-6,8-9,12-14H2,(H,22,24). The number of urea groups is 1. The summed E-state index contributed by atoms with van der Waals surface area (Å²) in [6.45, 7) is 3.27. The fraction of sp³-hybridized carbons (Fsp3) is 0.400. The van der Waals surface area contributed by atoms with Gasteiger partial charge in [0.05, 0.1) is 25.9 Å². The van der Waals surface area contributed by atoms with Crippen LogP contribution < -0.4 is 5.32 Å². The molecule has 1 N–H and O–H groups in total. The molecule has 0 aliphatic carbocycles. The number of hydrogen-bond acceptors (Lipinski definition) is 4. The molecule has 2 amide bonds. The summed E-state index contributed by atoms with van der Waals surface area (Å²) < 4.78 is 11.4. The van der Waals surface area contributed by atoms with Crippen molar-refractivity contribution >= 4 is 11.7 Å². The molecule has 3 heterocycles. The Labute approximate surface area is 153 Å². The zero-order chi connectivity index (χ0) is 17.8. The van der Waals surface area contributed by atoms with Gasteiger partial charge in [0.1, 0.15) is 0 Å². The summed E-state index contributed by atoms with van der Waals surface area (Å²) >= 11 is 0. The number of amides is 2. The molecule has 1 saturated heterocycles. The molecule has 0 radical (unpaired) electrons. The number of carbonyl (C=O) groups is 1. The van der Waals surface area contributed by atoms with E-state index >= 15 is 0 Å². The van der Waals surface area contributed by atoms with Gasteiger partial charge in [0, 0.05) is 31.2 Å². The molecule has 6 nitrogen and oxygen atoms in total. The molecular weight excluding hydrogens is 330 g/mol. The van der Waals surface area contributed by atoms with Gasteiger partial charge in [-0.1, -0.05) is 12.1 Å². The second kappa shape index (κ2) is 7.85. The van der Waals surface area contributed by atoms with E-state index in [9.17, 15) is 4.79 Å². The van der Waals surface area contributed by atoms with Crippen molar-refractivity contribution < 1.29 is 14.3 Å². The van der Waals surface area contributed by atoms with E-state index in [1.54, 1.807) is 6.20 Å². The highest BCUT2D eigenvalue weighted by atomic mass is 16.5. The number of hydrogen-bond donors (Lipinski definition) is 1. The van der Waals surface area contributed by atoms with Gasteiger partial charge in [-0.2, -0.15) is 0 Å². The van der Waals surface area contributed by atoms with Gasteiger partial charge in [-0.05, 0) is 47.7 Å². The van der Waals surface area contributed by atoms with E-state index in [0.717, 1.165) is 29.7 Å². The number of anilines is 1. The number of carbonyl (C=O) groups excluding carboxylic acids is 1. The van der Waals surface area contributed by atoms with Gasteiger partial charge < -0.3 is 19.7 Å². The Morgan fingerprint density at radius 2 is 2.08 bits per heavy atom. The monoisotopic (exact) mass is 353 g/mol. The molecule has 0 spiro atoms. The lowest BCUT2D eigenvalue weighted by atomic mass is 10.1. The number of benzene rings is 1. The Morgan fingerprint density at radius 3 is 2.88 bits per heavy atom. The molecule has 1 aromatic carbocycles. The SMILES string of the molecule is O=C(Nc1ccc2c(c1)COC2)N1CCC(OCc2cccnc2)CC1. The first-order valence-corrected chi connectivity index (χ1v) is 9.04. The molecule has 2 aliphatic heterocycles. The lowest BCUT2D eigenvalue weighted by molar-refractivity contribution is 0.00530. The van der Waals surface area contributed by atoms with E-state index in [1.807, 2.05) is 41.4 Å². The minimum atomic E-state index is -0.0467. The molecule has 0 bridgehead atoms. The number of piperidine rings is 1. The molecule has 0 unspecified atom stereocenters. The minimum Gasteiger partial charge on any atom is -0.373 e. The average molecular weight is 353 g/mol. The van der Waals surface area contributed by atoms with E-state index in [4.69, 9.17) is 9.47 Å². The lowest BCUT2D eigenvalue weighted by Gasteiger charge is -2.32. The third kappa shape index (κ3) is 4.03. The second-order valence-corrected chi connectivity index (χ2v) is 6.77. The predicted molar refractivity (Wildman–Crippen MR) is 97.6 cm³/mol. The second-order valence-electron chi connectivity index (χ2n) is 6.77. The molecule has 2 aliphatic rings. The smallest absolute Gasteiger partial charge is 0.321 e. The van der Waals surface area contributed by atoms with Crippen LogP contribution in [0, 0.1) is 0 Å². The molecule has 1 aromatic heterocycles. The maximum absolute atomic E-state index is 12.5. The van der Waals surface area contributed by atoms with Gasteiger partial charge >= 0.3 is 6.03 Å². The van der Waals surface area contributed by atoms with Gasteiger partial charge in [0.25, 0.3) is 0 Å². The van der Waals surface area contributed by atoms with Crippen LogP contribution in [0.4, 0.5) is 10.5 Å². The summed E-state index contributed by atoms with van der Waals surface area (Å²) in [5.74, 6) is 0. The van der Waals surface area contributed by atoms with E-state index in [2.05, 4.69) is 10.3 Å². The number of ether oxygens (including phenoxy) is 2. The Balaban J connectivity index is 1.24. The predicted octanol–water partition coefficient (Wildman–Crippen LogP) is 3.32. The Bertz CT molecular complexity index is 758. The fourth-order valence-corrected chi connectivity index (χ4v) is 3.38. The number of likely N-dealkylation sites (tertiary alicyclic amines) is 1. The van der Waals surface area contributed by atoms with Crippen LogP contribution in [0.2, 0.25) is 0 Å². The number of rotatable bonds is 4. The van der Waals surface area contributed by atoms with E-state index in [-0.39, 0.29) is 12.1 Å². The van der Waals surface area contributed by atoms with Crippen molar-refractivity contribution in [2.45, 2.75) is 38.8 Å². The van der Waals surface area contributed by atoms with Crippen LogP contribution in [0.1, 0.15) is 29.5 Å². The highest BCUT2D eigenvalue weighted by molar-refractivity contribution is 5.89. The number of nitrogens with zero attached hydrogens (tertiary/aromatic N) is 2. The van der Waals surface area contributed by atoms with Crippen LogP contribution in [0.15, 0.2) is 42.7 Å². The molecule has 0 saturated carbocycles. The van der Waals surface area contributed by atoms with Crippen molar-refractivity contribution in [1.82, 2.24) is 9.88 Å². The molecule has 2 aromatic rings. The van der Waals surface area contributed by atoms with Gasteiger partial charge in [0.15, 0.2) is 0 Å². The normalized spacial score (nSPS) is 17.2. The maximum Gasteiger partial charge on any atom is 0.321 e. The highest BCUT2D eigenvalue weighted by Gasteiger charge is 2.23. The number of fused-ring (bicyclic) bond motifs is 1. The van der Waals surface area contributed by atoms with Crippen molar-refractivity contribution in [1.29, 1.82) is 0 Å². The van der Waals surface area contributed by atoms with Gasteiger partial charge in [-0.25, -0.2) is 4.79 Å². The number of nitrogens with one attached hydrogen (secondary N) is 1. The first-order valence-electron chi connectivity index (χ1n) is 9.04.